The number of hydrogen-bond acceptors (Lipinski definition) is 4. The number of aliphatic hydroxyl groups is 1. The minimum absolute atomic E-state index is 0.524. The average Bonchev–Trinajstić information content (AvgIpc) is 3.02. The zero-order valence-corrected chi connectivity index (χ0v) is 11.5. The summed E-state index contributed by atoms with van der Waals surface area (Å²) in [4.78, 5) is 12.1. The van der Waals surface area contributed by atoms with E-state index >= 15 is 0 Å². The summed E-state index contributed by atoms with van der Waals surface area (Å²) in [6.45, 7) is 5.69. The molecule has 2 N–H and O–H groups in total. The van der Waals surface area contributed by atoms with Gasteiger partial charge in [0, 0.05) is 32.0 Å². The number of hydrogen-bond donors (Lipinski definition) is 2. The number of rotatable bonds is 4. The van der Waals surface area contributed by atoms with Crippen LogP contribution in [0.15, 0.2) is 12.4 Å². The summed E-state index contributed by atoms with van der Waals surface area (Å²) in [5, 5.41) is 10.7. The van der Waals surface area contributed by atoms with Crippen molar-refractivity contribution in [2.24, 2.45) is 0 Å². The van der Waals surface area contributed by atoms with Crippen LogP contribution in [0.1, 0.15) is 31.5 Å². The Bertz CT molecular complexity index is 388. The number of H-pyrrole nitrogens is 1. The lowest BCUT2D eigenvalue weighted by atomic mass is 10.0. The van der Waals surface area contributed by atoms with Crippen molar-refractivity contribution in [1.82, 2.24) is 19.8 Å². The normalized spacial score (nSPS) is 29.9. The summed E-state index contributed by atoms with van der Waals surface area (Å²) in [5.74, 6) is 0.988. The fourth-order valence-corrected chi connectivity index (χ4v) is 3.33. The minimum atomic E-state index is -0.524. The van der Waals surface area contributed by atoms with Crippen LogP contribution in [0.5, 0.6) is 0 Å². The lowest BCUT2D eigenvalue weighted by molar-refractivity contribution is 0.00620. The van der Waals surface area contributed by atoms with E-state index in [1.807, 2.05) is 6.20 Å². The molecular formula is C14H24N4O. The predicted molar refractivity (Wildman–Crippen MR) is 73.7 cm³/mol. The standard InChI is InChI=1S/C14H24N4O/c19-14(11-17-7-2-1-3-8-17)4-9-18(12-14)10-13-15-5-6-16-13/h5-6,19H,1-4,7-12H2,(H,15,16). The minimum Gasteiger partial charge on any atom is -0.387 e. The molecule has 5 nitrogen and oxygen atoms in total. The van der Waals surface area contributed by atoms with Crippen molar-refractivity contribution >= 4 is 0 Å². The fraction of sp³-hybridized carbons (Fsp3) is 0.786. The van der Waals surface area contributed by atoms with Crippen LogP contribution in [0.3, 0.4) is 0 Å². The van der Waals surface area contributed by atoms with E-state index < -0.39 is 5.60 Å². The number of likely N-dealkylation sites (tertiary alicyclic amines) is 2. The van der Waals surface area contributed by atoms with Crippen LogP contribution < -0.4 is 0 Å². The van der Waals surface area contributed by atoms with E-state index in [0.29, 0.717) is 0 Å². The third-order valence-corrected chi connectivity index (χ3v) is 4.31. The lowest BCUT2D eigenvalue weighted by Crippen LogP contribution is -2.46. The number of nitrogens with zero attached hydrogens (tertiary/aromatic N) is 3. The Morgan fingerprint density at radius 3 is 2.79 bits per heavy atom. The van der Waals surface area contributed by atoms with Crippen molar-refractivity contribution < 1.29 is 5.11 Å². The maximum atomic E-state index is 10.7. The number of aromatic amines is 1. The molecule has 3 rings (SSSR count). The molecule has 2 fully saturated rings. The van der Waals surface area contributed by atoms with Gasteiger partial charge in [0.25, 0.3) is 0 Å². The molecule has 0 spiro atoms. The smallest absolute Gasteiger partial charge is 0.120 e. The first-order valence-electron chi connectivity index (χ1n) is 7.39. The largest absolute Gasteiger partial charge is 0.387 e. The summed E-state index contributed by atoms with van der Waals surface area (Å²) in [6.07, 6.45) is 8.43. The maximum Gasteiger partial charge on any atom is 0.120 e. The Morgan fingerprint density at radius 2 is 2.05 bits per heavy atom. The number of nitrogens with one attached hydrogen (secondary N) is 1. The third-order valence-electron chi connectivity index (χ3n) is 4.31. The Morgan fingerprint density at radius 1 is 1.21 bits per heavy atom. The Kier molecular flexibility index (Phi) is 3.86. The molecule has 1 atom stereocenters. The molecule has 0 aliphatic carbocycles. The number of piperidine rings is 1. The van der Waals surface area contributed by atoms with Crippen LogP contribution in [-0.4, -0.2) is 63.2 Å². The Balaban J connectivity index is 1.51. The molecule has 0 saturated carbocycles. The lowest BCUT2D eigenvalue weighted by Gasteiger charge is -2.33. The summed E-state index contributed by atoms with van der Waals surface area (Å²) in [6, 6.07) is 0. The molecule has 2 aliphatic heterocycles. The zero-order chi connectivity index (χ0) is 13.1. The van der Waals surface area contributed by atoms with Crippen molar-refractivity contribution in [3.8, 4) is 0 Å². The van der Waals surface area contributed by atoms with Crippen molar-refractivity contribution in [1.29, 1.82) is 0 Å². The van der Waals surface area contributed by atoms with E-state index in [1.165, 1.54) is 19.3 Å². The van der Waals surface area contributed by atoms with Gasteiger partial charge in [0.2, 0.25) is 0 Å². The molecule has 5 heteroatoms. The quantitative estimate of drug-likeness (QED) is 0.846. The first kappa shape index (κ1) is 13.1. The first-order valence-corrected chi connectivity index (χ1v) is 7.39. The second kappa shape index (κ2) is 5.61. The second-order valence-corrected chi connectivity index (χ2v) is 6.06. The molecular weight excluding hydrogens is 240 g/mol. The molecule has 0 aromatic carbocycles. The molecule has 1 unspecified atom stereocenters. The number of aromatic nitrogens is 2. The monoisotopic (exact) mass is 264 g/mol. The van der Waals surface area contributed by atoms with Crippen LogP contribution in [0.25, 0.3) is 0 Å². The molecule has 1 aromatic heterocycles. The van der Waals surface area contributed by atoms with Crippen LogP contribution in [0, 0.1) is 0 Å². The van der Waals surface area contributed by atoms with E-state index in [9.17, 15) is 5.11 Å². The number of imidazole rings is 1. The van der Waals surface area contributed by atoms with Gasteiger partial charge in [-0.25, -0.2) is 4.98 Å². The van der Waals surface area contributed by atoms with Gasteiger partial charge in [0.05, 0.1) is 12.1 Å². The van der Waals surface area contributed by atoms with Gasteiger partial charge >= 0.3 is 0 Å². The van der Waals surface area contributed by atoms with Gasteiger partial charge in [-0.15, -0.1) is 0 Å². The fourth-order valence-electron chi connectivity index (χ4n) is 3.33. The predicted octanol–water partition coefficient (Wildman–Crippen LogP) is 0.832. The SMILES string of the molecule is OC1(CN2CCCCC2)CCN(Cc2ncc[nH]2)C1. The van der Waals surface area contributed by atoms with Gasteiger partial charge in [0.1, 0.15) is 5.82 Å². The van der Waals surface area contributed by atoms with Crippen molar-refractivity contribution in [2.75, 3.05) is 32.7 Å². The van der Waals surface area contributed by atoms with E-state index in [-0.39, 0.29) is 0 Å². The molecule has 1 aromatic rings. The average molecular weight is 264 g/mol. The summed E-state index contributed by atoms with van der Waals surface area (Å²) >= 11 is 0. The second-order valence-electron chi connectivity index (χ2n) is 6.06. The van der Waals surface area contributed by atoms with Gasteiger partial charge in [0.15, 0.2) is 0 Å². The van der Waals surface area contributed by atoms with Gasteiger partial charge < -0.3 is 15.0 Å². The van der Waals surface area contributed by atoms with E-state index in [1.54, 1.807) is 6.20 Å². The van der Waals surface area contributed by atoms with Crippen molar-refractivity contribution in [3.63, 3.8) is 0 Å². The molecule has 106 valence electrons. The third kappa shape index (κ3) is 3.35. The highest BCUT2D eigenvalue weighted by molar-refractivity contribution is 4.96. The Labute approximate surface area is 114 Å². The highest BCUT2D eigenvalue weighted by atomic mass is 16.3. The first-order chi connectivity index (χ1) is 9.23. The van der Waals surface area contributed by atoms with E-state index in [2.05, 4.69) is 19.8 Å². The van der Waals surface area contributed by atoms with Crippen molar-refractivity contribution in [3.05, 3.63) is 18.2 Å². The Hall–Kier alpha value is -0.910. The molecule has 0 radical (unpaired) electrons. The molecule has 0 bridgehead atoms. The van der Waals surface area contributed by atoms with Crippen LogP contribution in [0.4, 0.5) is 0 Å². The zero-order valence-electron chi connectivity index (χ0n) is 11.5. The molecule has 2 saturated heterocycles. The number of β-amino-alcohol motifs (C(OH)–C–C–N with tert-alkyl or cyclic N) is 1. The molecule has 2 aliphatic rings. The van der Waals surface area contributed by atoms with Gasteiger partial charge in [-0.05, 0) is 32.4 Å². The maximum absolute atomic E-state index is 10.7. The van der Waals surface area contributed by atoms with Crippen molar-refractivity contribution in [2.45, 2.75) is 37.8 Å². The topological polar surface area (TPSA) is 55.4 Å². The highest BCUT2D eigenvalue weighted by Crippen LogP contribution is 2.24. The van der Waals surface area contributed by atoms with Crippen LogP contribution in [0.2, 0.25) is 0 Å². The molecule has 19 heavy (non-hydrogen) atoms. The molecule has 3 heterocycles. The highest BCUT2D eigenvalue weighted by Gasteiger charge is 2.37. The summed E-state index contributed by atoms with van der Waals surface area (Å²) in [5.41, 5.74) is -0.524. The van der Waals surface area contributed by atoms with E-state index in [4.69, 9.17) is 0 Å². The van der Waals surface area contributed by atoms with Crippen LogP contribution in [-0.2, 0) is 6.54 Å². The van der Waals surface area contributed by atoms with Gasteiger partial charge in [-0.2, -0.15) is 0 Å². The van der Waals surface area contributed by atoms with Crippen LogP contribution >= 0.6 is 0 Å². The van der Waals surface area contributed by atoms with Gasteiger partial charge in [-0.3, -0.25) is 4.90 Å². The summed E-state index contributed by atoms with van der Waals surface area (Å²) in [7, 11) is 0. The van der Waals surface area contributed by atoms with Gasteiger partial charge in [-0.1, -0.05) is 6.42 Å². The molecule has 0 amide bonds. The summed E-state index contributed by atoms with van der Waals surface area (Å²) < 4.78 is 0. The van der Waals surface area contributed by atoms with E-state index in [0.717, 1.165) is 51.5 Å².